The van der Waals surface area contributed by atoms with Crippen LogP contribution in [0, 0.1) is 11.8 Å². The number of aromatic nitrogens is 1. The maximum Gasteiger partial charge on any atom is 0.460 e. The Bertz CT molecular complexity index is 2300. The molecule has 0 aliphatic heterocycles. The molecule has 3 aromatic carbocycles. The number of hydrogen-bond acceptors (Lipinski definition) is 13. The monoisotopic (exact) mass is 959 g/mol. The van der Waals surface area contributed by atoms with Crippen LogP contribution in [0.4, 0.5) is 44.6 Å². The van der Waals surface area contributed by atoms with Crippen molar-refractivity contribution in [1.82, 2.24) is 4.98 Å². The first kappa shape index (κ1) is 50.8. The molecule has 1 heterocycles. The second-order valence-electron chi connectivity index (χ2n) is 14.8. The van der Waals surface area contributed by atoms with Crippen molar-refractivity contribution in [3.63, 3.8) is 0 Å². The first-order chi connectivity index (χ1) is 31.3. The summed E-state index contributed by atoms with van der Waals surface area (Å²) in [5.41, 5.74) is 0.130. The van der Waals surface area contributed by atoms with Gasteiger partial charge in [0.15, 0.2) is 0 Å². The third kappa shape index (κ3) is 13.0. The normalized spacial score (nSPS) is 15.8. The molecule has 0 spiro atoms. The highest BCUT2D eigenvalue weighted by Crippen LogP contribution is 2.54. The fourth-order valence-corrected chi connectivity index (χ4v) is 7.46. The molecule has 1 saturated carbocycles. The highest BCUT2D eigenvalue weighted by atomic mass is 32.1. The highest BCUT2D eigenvalue weighted by Gasteiger charge is 2.81. The van der Waals surface area contributed by atoms with Gasteiger partial charge in [0.25, 0.3) is 6.47 Å². The first-order valence-electron chi connectivity index (χ1n) is 20.3. The molecule has 1 aromatic heterocycles. The van der Waals surface area contributed by atoms with Gasteiger partial charge in [0.1, 0.15) is 23.0 Å². The van der Waals surface area contributed by atoms with Crippen LogP contribution in [0.25, 0.3) is 10.2 Å². The molecule has 1 fully saturated rings. The van der Waals surface area contributed by atoms with E-state index in [4.69, 9.17) is 23.7 Å². The van der Waals surface area contributed by atoms with E-state index in [1.807, 2.05) is 0 Å². The van der Waals surface area contributed by atoms with E-state index in [2.05, 4.69) is 16.7 Å². The molecule has 0 radical (unpaired) electrons. The Morgan fingerprint density at radius 2 is 1.36 bits per heavy atom. The number of hydrazone groups is 1. The lowest BCUT2D eigenvalue weighted by atomic mass is 9.82. The van der Waals surface area contributed by atoms with Gasteiger partial charge < -0.3 is 23.7 Å². The summed E-state index contributed by atoms with van der Waals surface area (Å²) in [4.78, 5) is 52.7. The van der Waals surface area contributed by atoms with Crippen molar-refractivity contribution in [2.45, 2.75) is 81.7 Å². The topological polar surface area (TPSA) is 143 Å². The van der Waals surface area contributed by atoms with Gasteiger partial charge >= 0.3 is 41.9 Å². The molecule has 0 N–H and O–H groups in total. The smallest absolute Gasteiger partial charge is 0.460 e. The second-order valence-corrected chi connectivity index (χ2v) is 15.9. The highest BCUT2D eigenvalue weighted by molar-refractivity contribution is 7.22. The number of anilines is 1. The van der Waals surface area contributed by atoms with Crippen molar-refractivity contribution in [2.75, 3.05) is 24.8 Å². The molecule has 356 valence electrons. The van der Waals surface area contributed by atoms with Gasteiger partial charge in [-0.3, -0.25) is 14.4 Å². The van der Waals surface area contributed by atoms with Crippen molar-refractivity contribution in [2.24, 2.45) is 16.9 Å². The minimum Gasteiger partial charge on any atom is -0.494 e. The van der Waals surface area contributed by atoms with Crippen LogP contribution in [0.3, 0.4) is 0 Å². The number of fused-ring (bicyclic) bond motifs is 1. The molecule has 0 saturated heterocycles. The lowest BCUT2D eigenvalue weighted by Gasteiger charge is -2.34. The van der Waals surface area contributed by atoms with E-state index in [-0.39, 0.29) is 47.0 Å². The summed E-state index contributed by atoms with van der Waals surface area (Å²) in [5.74, 6) is -22.1. The lowest BCUT2D eigenvalue weighted by molar-refractivity contribution is -0.396. The number of thiazole rings is 1. The molecule has 4 aromatic rings. The summed E-state index contributed by atoms with van der Waals surface area (Å²) < 4.78 is 150. The predicted molar refractivity (Wildman–Crippen MR) is 221 cm³/mol. The van der Waals surface area contributed by atoms with Gasteiger partial charge in [0.05, 0.1) is 48.0 Å². The first-order valence-corrected chi connectivity index (χ1v) is 21.1. The maximum atomic E-state index is 14.6. The number of halogens is 9. The number of hydrogen-bond donors (Lipinski definition) is 0. The van der Waals surface area contributed by atoms with Crippen LogP contribution in [-0.4, -0.2) is 79.3 Å². The van der Waals surface area contributed by atoms with Crippen LogP contribution >= 0.6 is 11.3 Å². The van der Waals surface area contributed by atoms with Gasteiger partial charge in [0, 0.05) is 18.1 Å². The molecule has 5 rings (SSSR count). The summed E-state index contributed by atoms with van der Waals surface area (Å²) in [6, 6.07) is 16.3. The fraction of sp³-hybridized carbons (Fsp3) is 0.409. The summed E-state index contributed by atoms with van der Waals surface area (Å²) in [6.45, 7) is 2.79. The Labute approximate surface area is 375 Å². The van der Waals surface area contributed by atoms with Crippen molar-refractivity contribution >= 4 is 57.3 Å². The average molecular weight is 960 g/mol. The third-order valence-corrected chi connectivity index (χ3v) is 11.3. The van der Waals surface area contributed by atoms with Crippen molar-refractivity contribution in [3.8, 4) is 23.0 Å². The largest absolute Gasteiger partial charge is 0.494 e. The molecule has 0 atom stereocenters. The fourth-order valence-electron chi connectivity index (χ4n) is 6.51. The molecule has 0 unspecified atom stereocenters. The van der Waals surface area contributed by atoms with Gasteiger partial charge in [-0.1, -0.05) is 30.0 Å². The standard InChI is InChI=1S/C44H42F9N3O9S/c1-2-37(58)62-24-8-4-3-7-23-61-31-15-17-32(18-16-31)64-38(59)28-11-13-29(14-12-28)39(60)65-33-19-20-35(63-27-57)30(25-33)26-54-56(40-55-34-9-5-6-10-36(34)66-40)22-21-41(45,46)42(47,48)43(49,50)44(51,52)53/h2,5-6,9-10,15-20,25-29H,1,3-4,7-8,11-14,21-24H2/b54-26+. The number of carbonyl (C=O) groups is 4. The molecule has 0 bridgehead atoms. The number of para-hydroxylation sites is 1. The number of ether oxygens (including phenoxy) is 5. The van der Waals surface area contributed by atoms with E-state index < -0.39 is 66.7 Å². The third-order valence-electron chi connectivity index (χ3n) is 10.2. The second kappa shape index (κ2) is 22.3. The van der Waals surface area contributed by atoms with Crippen LogP contribution < -0.4 is 24.0 Å². The van der Waals surface area contributed by atoms with Crippen molar-refractivity contribution in [3.05, 3.63) is 84.9 Å². The van der Waals surface area contributed by atoms with Crippen LogP contribution in [0.1, 0.15) is 63.4 Å². The lowest BCUT2D eigenvalue weighted by Crippen LogP contribution is -2.61. The Balaban J connectivity index is 1.17. The molecule has 1 aliphatic rings. The Kier molecular flexibility index (Phi) is 17.2. The zero-order valence-electron chi connectivity index (χ0n) is 34.8. The van der Waals surface area contributed by atoms with E-state index in [0.717, 1.165) is 55.4 Å². The SMILES string of the molecule is C=CC(=O)OCCCCCCOc1ccc(OC(=O)C2CCC(C(=O)Oc3ccc(OC=O)c(/C=N/N(CCC(F)(F)C(F)(F)C(F)(F)C(F)(F)F)c4nc5ccccc5s4)c3)CC2)cc1. The van der Waals surface area contributed by atoms with E-state index in [1.54, 1.807) is 42.5 Å². The number of rotatable bonds is 23. The average Bonchev–Trinajstić information content (AvgIpc) is 3.72. The van der Waals surface area contributed by atoms with E-state index in [0.29, 0.717) is 47.3 Å². The van der Waals surface area contributed by atoms with Gasteiger partial charge in [-0.2, -0.15) is 44.6 Å². The molecular weight excluding hydrogens is 918 g/mol. The summed E-state index contributed by atoms with van der Waals surface area (Å²) in [6.07, 6.45) is -2.93. The number of alkyl halides is 9. The Morgan fingerprint density at radius 3 is 1.97 bits per heavy atom. The van der Waals surface area contributed by atoms with Crippen LogP contribution in [0.15, 0.2) is 84.5 Å². The summed E-state index contributed by atoms with van der Waals surface area (Å²) in [5, 5.41) is 4.29. The Hall–Kier alpha value is -6.19. The number of unbranched alkanes of at least 4 members (excludes halogenated alkanes) is 3. The molecular formula is C44H42F9N3O9S. The van der Waals surface area contributed by atoms with Crippen molar-refractivity contribution < 1.29 is 82.4 Å². The van der Waals surface area contributed by atoms with Crippen LogP contribution in [0.5, 0.6) is 23.0 Å². The molecule has 1 aliphatic carbocycles. The molecule has 66 heavy (non-hydrogen) atoms. The quantitative estimate of drug-likeness (QED) is 0.0102. The number of carbonyl (C=O) groups excluding carboxylic acids is 4. The van der Waals surface area contributed by atoms with E-state index in [1.165, 1.54) is 18.2 Å². The van der Waals surface area contributed by atoms with E-state index in [9.17, 15) is 58.7 Å². The number of nitrogens with zero attached hydrogens (tertiary/aromatic N) is 3. The number of esters is 3. The predicted octanol–water partition coefficient (Wildman–Crippen LogP) is 10.5. The molecule has 22 heteroatoms. The van der Waals surface area contributed by atoms with E-state index >= 15 is 0 Å². The van der Waals surface area contributed by atoms with Crippen molar-refractivity contribution in [1.29, 1.82) is 0 Å². The maximum absolute atomic E-state index is 14.6. The molecule has 0 amide bonds. The summed E-state index contributed by atoms with van der Waals surface area (Å²) >= 11 is 0.798. The van der Waals surface area contributed by atoms with Gasteiger partial charge in [-0.05, 0) is 106 Å². The minimum atomic E-state index is -7.09. The number of benzene rings is 3. The minimum absolute atomic E-state index is 0.0158. The van der Waals surface area contributed by atoms with Gasteiger partial charge in [0.2, 0.25) is 5.13 Å². The molecule has 12 nitrogen and oxygen atoms in total. The summed E-state index contributed by atoms with van der Waals surface area (Å²) in [7, 11) is 0. The Morgan fingerprint density at radius 1 is 0.773 bits per heavy atom. The van der Waals surface area contributed by atoms with Crippen LogP contribution in [-0.2, 0) is 23.9 Å². The zero-order valence-corrected chi connectivity index (χ0v) is 35.6. The van der Waals surface area contributed by atoms with Gasteiger partial charge in [-0.25, -0.2) is 14.8 Å². The van der Waals surface area contributed by atoms with Gasteiger partial charge in [-0.15, -0.1) is 0 Å². The van der Waals surface area contributed by atoms with Crippen LogP contribution in [0.2, 0.25) is 0 Å². The zero-order chi connectivity index (χ0) is 48.1.